The smallest absolute Gasteiger partial charge is 0.188 e. The van der Waals surface area contributed by atoms with Gasteiger partial charge in [0.25, 0.3) is 0 Å². The van der Waals surface area contributed by atoms with Crippen LogP contribution in [0, 0.1) is 19.8 Å². The number of aliphatic hydroxyl groups excluding tert-OH is 4. The molecular weight excluding hydrogens is 510 g/mol. The van der Waals surface area contributed by atoms with E-state index in [0.717, 1.165) is 35.3 Å². The highest BCUT2D eigenvalue weighted by atomic mass is 16.7. The van der Waals surface area contributed by atoms with Gasteiger partial charge in [0, 0.05) is 39.9 Å². The Bertz CT molecular complexity index is 1450. The standard InChI is InChI=1S/C31H37N3O6/c1-4-16-18-11-23-26-19(17-7-5-6-8-20(17)33-26)12-22(25(18)21-10-14(2)9-15(3)32-21)34(23)30(16)40-31-29(38)28(37)27(36)24(13-35)39-31/h4-10,18,22-25,27-31,33,35-38H,11-13H2,1-3H3/b16-4+/t18-,22-,23-,24+,25-,27+,28-,29+,30+,31-/m0/s1. The molecule has 4 fully saturated rings. The number of hydrogen-bond donors (Lipinski definition) is 5. The van der Waals surface area contributed by atoms with Gasteiger partial charge < -0.3 is 34.9 Å². The van der Waals surface area contributed by atoms with E-state index in [9.17, 15) is 20.4 Å². The van der Waals surface area contributed by atoms with Gasteiger partial charge in [-0.2, -0.15) is 0 Å². The fraction of sp³-hybridized carbons (Fsp3) is 0.516. The van der Waals surface area contributed by atoms with Crippen LogP contribution in [0.3, 0.4) is 0 Å². The minimum atomic E-state index is -1.49. The second kappa shape index (κ2) is 9.73. The van der Waals surface area contributed by atoms with E-state index in [1.165, 1.54) is 22.2 Å². The van der Waals surface area contributed by atoms with Crippen molar-refractivity contribution in [2.24, 2.45) is 5.92 Å². The first kappa shape index (κ1) is 26.3. The normalized spacial score (nSPS) is 39.6. The summed E-state index contributed by atoms with van der Waals surface area (Å²) in [5.74, 6) is 0.297. The van der Waals surface area contributed by atoms with Gasteiger partial charge in [-0.25, -0.2) is 0 Å². The number of piperidine rings is 3. The number of rotatable bonds is 4. The number of aromatic amines is 1. The minimum absolute atomic E-state index is 0.0619. The van der Waals surface area contributed by atoms with Crippen LogP contribution in [0.25, 0.3) is 10.9 Å². The predicted molar refractivity (Wildman–Crippen MR) is 147 cm³/mol. The molecule has 212 valence electrons. The van der Waals surface area contributed by atoms with Gasteiger partial charge in [0.1, 0.15) is 30.6 Å². The maximum Gasteiger partial charge on any atom is 0.188 e. The van der Waals surface area contributed by atoms with E-state index in [-0.39, 0.29) is 23.9 Å². The Morgan fingerprint density at radius 3 is 2.67 bits per heavy atom. The number of nitrogens with zero attached hydrogens (tertiary/aromatic N) is 2. The zero-order valence-corrected chi connectivity index (χ0v) is 22.9. The second-order valence-electron chi connectivity index (χ2n) is 11.9. The molecule has 11 atom stereocenters. The van der Waals surface area contributed by atoms with E-state index >= 15 is 0 Å². The topological polar surface area (TPSA) is 131 Å². The number of aryl methyl sites for hydroxylation is 2. The molecule has 4 saturated heterocycles. The SMILES string of the molecule is C/C=C1/[C@@H](O[C@@H]2O[C@H](CO)[C@@H](O)[C@H](O)[C@H]2O)N2[C@H]3C[C@@H]1[C@@H](c1cc(C)cc(C)n1)[C@@H]2Cc1c3[nH]c2ccccc12. The highest BCUT2D eigenvalue weighted by molar-refractivity contribution is 5.85. The Kier molecular flexibility index (Phi) is 6.40. The molecule has 0 aliphatic carbocycles. The van der Waals surface area contributed by atoms with Crippen LogP contribution in [-0.4, -0.2) is 84.9 Å². The van der Waals surface area contributed by atoms with Crippen molar-refractivity contribution in [3.8, 4) is 0 Å². The number of ether oxygens (including phenoxy) is 2. The molecule has 5 aliphatic heterocycles. The minimum Gasteiger partial charge on any atom is -0.394 e. The molecule has 3 aromatic rings. The summed E-state index contributed by atoms with van der Waals surface area (Å²) in [7, 11) is 0. The van der Waals surface area contributed by atoms with Gasteiger partial charge in [0.05, 0.1) is 12.6 Å². The molecule has 7 heterocycles. The summed E-state index contributed by atoms with van der Waals surface area (Å²) in [5, 5.41) is 42.6. The Labute approximate surface area is 233 Å². The van der Waals surface area contributed by atoms with E-state index in [4.69, 9.17) is 14.5 Å². The fourth-order valence-electron chi connectivity index (χ4n) is 7.92. The summed E-state index contributed by atoms with van der Waals surface area (Å²) >= 11 is 0. The van der Waals surface area contributed by atoms with Gasteiger partial charge in [-0.15, -0.1) is 0 Å². The molecule has 9 heteroatoms. The number of allylic oxidation sites excluding steroid dienone is 1. The van der Waals surface area contributed by atoms with Crippen molar-refractivity contribution < 1.29 is 29.9 Å². The molecule has 1 unspecified atom stereocenters. The van der Waals surface area contributed by atoms with Crippen LogP contribution in [0.2, 0.25) is 0 Å². The summed E-state index contributed by atoms with van der Waals surface area (Å²) in [6, 6.07) is 12.9. The quantitative estimate of drug-likeness (QED) is 0.315. The molecule has 2 aromatic heterocycles. The van der Waals surface area contributed by atoms with E-state index in [0.29, 0.717) is 0 Å². The number of fused-ring (bicyclic) bond motifs is 4. The Hall–Kier alpha value is -2.63. The first-order chi connectivity index (χ1) is 19.3. The lowest BCUT2D eigenvalue weighted by Gasteiger charge is -2.62. The van der Waals surface area contributed by atoms with Crippen LogP contribution in [0.4, 0.5) is 0 Å². The summed E-state index contributed by atoms with van der Waals surface area (Å²) < 4.78 is 12.4. The third-order valence-corrected chi connectivity index (χ3v) is 9.55. The van der Waals surface area contributed by atoms with E-state index in [1.807, 2.05) is 19.9 Å². The zero-order chi connectivity index (χ0) is 27.9. The van der Waals surface area contributed by atoms with Crippen LogP contribution >= 0.6 is 0 Å². The molecule has 0 saturated carbocycles. The zero-order valence-electron chi connectivity index (χ0n) is 22.9. The van der Waals surface area contributed by atoms with Crippen LogP contribution < -0.4 is 0 Å². The molecule has 0 spiro atoms. The first-order valence-corrected chi connectivity index (χ1v) is 14.2. The number of para-hydroxylation sites is 1. The number of H-pyrrole nitrogens is 1. The Balaban J connectivity index is 1.33. The van der Waals surface area contributed by atoms with Crippen LogP contribution in [0.15, 0.2) is 48.0 Å². The summed E-state index contributed by atoms with van der Waals surface area (Å²) in [5.41, 5.74) is 8.03. The number of nitrogens with one attached hydrogen (secondary N) is 1. The number of hydrogen-bond acceptors (Lipinski definition) is 8. The average molecular weight is 548 g/mol. The van der Waals surface area contributed by atoms with Gasteiger partial charge in [0.15, 0.2) is 6.29 Å². The molecule has 5 N–H and O–H groups in total. The lowest BCUT2D eigenvalue weighted by molar-refractivity contribution is -0.329. The third-order valence-electron chi connectivity index (χ3n) is 9.55. The Morgan fingerprint density at radius 2 is 1.93 bits per heavy atom. The maximum atomic E-state index is 10.8. The van der Waals surface area contributed by atoms with Crippen molar-refractivity contribution >= 4 is 10.9 Å². The van der Waals surface area contributed by atoms with Gasteiger partial charge in [-0.05, 0) is 74.4 Å². The van der Waals surface area contributed by atoms with Gasteiger partial charge in [-0.1, -0.05) is 24.3 Å². The average Bonchev–Trinajstić information content (AvgIpc) is 3.31. The molecule has 0 amide bonds. The molecule has 8 rings (SSSR count). The molecule has 0 radical (unpaired) electrons. The van der Waals surface area contributed by atoms with Crippen molar-refractivity contribution in [2.75, 3.05) is 6.61 Å². The lowest BCUT2D eigenvalue weighted by Crippen LogP contribution is -2.66. The van der Waals surface area contributed by atoms with Crippen LogP contribution in [0.1, 0.15) is 53.5 Å². The molecule has 5 aliphatic rings. The van der Waals surface area contributed by atoms with Crippen molar-refractivity contribution in [1.29, 1.82) is 0 Å². The van der Waals surface area contributed by atoms with E-state index in [1.54, 1.807) is 0 Å². The molecule has 9 nitrogen and oxygen atoms in total. The predicted octanol–water partition coefficient (Wildman–Crippen LogP) is 2.35. The summed E-state index contributed by atoms with van der Waals surface area (Å²) in [6.45, 7) is 5.67. The number of aliphatic hydroxyl groups is 4. The first-order valence-electron chi connectivity index (χ1n) is 14.2. The monoisotopic (exact) mass is 547 g/mol. The van der Waals surface area contributed by atoms with Gasteiger partial charge in [0.2, 0.25) is 0 Å². The van der Waals surface area contributed by atoms with Crippen molar-refractivity contribution in [2.45, 2.75) is 88.5 Å². The van der Waals surface area contributed by atoms with Crippen LogP contribution in [0.5, 0.6) is 0 Å². The largest absolute Gasteiger partial charge is 0.394 e. The lowest BCUT2D eigenvalue weighted by atomic mass is 9.62. The van der Waals surface area contributed by atoms with Gasteiger partial charge in [-0.3, -0.25) is 9.88 Å². The summed E-state index contributed by atoms with van der Waals surface area (Å²) in [4.78, 5) is 11.1. The summed E-state index contributed by atoms with van der Waals surface area (Å²) in [6.07, 6.45) is -3.33. The molecule has 4 bridgehead atoms. The fourth-order valence-corrected chi connectivity index (χ4v) is 7.92. The number of benzene rings is 1. The molecule has 40 heavy (non-hydrogen) atoms. The highest BCUT2D eigenvalue weighted by Crippen LogP contribution is 2.59. The third kappa shape index (κ3) is 3.84. The maximum absolute atomic E-state index is 10.8. The number of pyridine rings is 1. The molecule has 1 aromatic carbocycles. The van der Waals surface area contributed by atoms with Crippen molar-refractivity contribution in [3.63, 3.8) is 0 Å². The van der Waals surface area contributed by atoms with Gasteiger partial charge >= 0.3 is 0 Å². The van der Waals surface area contributed by atoms with E-state index in [2.05, 4.69) is 53.2 Å². The van der Waals surface area contributed by atoms with Crippen LogP contribution in [-0.2, 0) is 15.9 Å². The van der Waals surface area contributed by atoms with E-state index < -0.39 is 43.5 Å². The van der Waals surface area contributed by atoms with Crippen molar-refractivity contribution in [3.05, 3.63) is 76.3 Å². The molecular formula is C31H37N3O6. The number of aromatic nitrogens is 2. The Morgan fingerprint density at radius 1 is 1.12 bits per heavy atom. The van der Waals surface area contributed by atoms with Crippen molar-refractivity contribution in [1.82, 2.24) is 14.9 Å². The highest BCUT2D eigenvalue weighted by Gasteiger charge is 2.59. The second-order valence-corrected chi connectivity index (χ2v) is 11.9.